The lowest BCUT2D eigenvalue weighted by atomic mass is 10.2. The summed E-state index contributed by atoms with van der Waals surface area (Å²) in [6.45, 7) is 0.552. The summed E-state index contributed by atoms with van der Waals surface area (Å²) in [7, 11) is 3.22. The maximum atomic E-state index is 12.7. The van der Waals surface area contributed by atoms with Gasteiger partial charge in [-0.05, 0) is 29.8 Å². The van der Waals surface area contributed by atoms with E-state index in [-0.39, 0.29) is 12.5 Å². The van der Waals surface area contributed by atoms with E-state index in [4.69, 9.17) is 14.2 Å². The van der Waals surface area contributed by atoms with Gasteiger partial charge in [0.2, 0.25) is 5.16 Å². The molecule has 0 bridgehead atoms. The molecule has 9 heteroatoms. The molecule has 0 N–H and O–H groups in total. The Morgan fingerprint density at radius 2 is 1.72 bits per heavy atom. The van der Waals surface area contributed by atoms with Crippen LogP contribution >= 0.6 is 11.8 Å². The number of fused-ring (bicyclic) bond motifs is 1. The molecule has 0 saturated heterocycles. The van der Waals surface area contributed by atoms with E-state index < -0.39 is 0 Å². The summed E-state index contributed by atoms with van der Waals surface area (Å²) in [5, 5.41) is 10.8. The first-order valence-corrected chi connectivity index (χ1v) is 9.94. The van der Waals surface area contributed by atoms with E-state index in [0.29, 0.717) is 34.8 Å². The Morgan fingerprint density at radius 1 is 1.00 bits per heavy atom. The van der Waals surface area contributed by atoms with Gasteiger partial charge >= 0.3 is 0 Å². The highest BCUT2D eigenvalue weighted by Crippen LogP contribution is 2.26. The van der Waals surface area contributed by atoms with E-state index in [1.54, 1.807) is 30.0 Å². The predicted octanol–water partition coefficient (Wildman–Crippen LogP) is 2.64. The Balaban J connectivity index is 1.57. The Kier molecular flexibility index (Phi) is 5.57. The third-order valence-electron chi connectivity index (χ3n) is 4.41. The molecule has 3 aromatic rings. The van der Waals surface area contributed by atoms with Gasteiger partial charge in [0.1, 0.15) is 23.9 Å². The molecule has 0 saturated carbocycles. The summed E-state index contributed by atoms with van der Waals surface area (Å²) in [5.74, 6) is 2.94. The molecule has 29 heavy (non-hydrogen) atoms. The number of nitrogens with zero attached hydrogens (tertiary/aromatic N) is 4. The van der Waals surface area contributed by atoms with Crippen LogP contribution in [0.4, 0.5) is 0 Å². The summed E-state index contributed by atoms with van der Waals surface area (Å²) in [5.41, 5.74) is 0.948. The molecule has 1 amide bonds. The number of hydrogen-bond acceptors (Lipinski definition) is 7. The average molecular weight is 412 g/mol. The first-order valence-electron chi connectivity index (χ1n) is 8.95. The van der Waals surface area contributed by atoms with Crippen LogP contribution in [0.3, 0.4) is 0 Å². The molecule has 1 aliphatic rings. The number of amides is 1. The summed E-state index contributed by atoms with van der Waals surface area (Å²) in [6.07, 6.45) is 0. The molecule has 0 radical (unpaired) electrons. The number of thioether (sulfide) groups is 1. The Labute approximate surface area is 172 Å². The summed E-state index contributed by atoms with van der Waals surface area (Å²) < 4.78 is 18.1. The van der Waals surface area contributed by atoms with E-state index in [1.807, 2.05) is 42.5 Å². The van der Waals surface area contributed by atoms with Gasteiger partial charge in [-0.25, -0.2) is 9.69 Å². The topological polar surface area (TPSA) is 78.7 Å². The second-order valence-corrected chi connectivity index (χ2v) is 7.21. The van der Waals surface area contributed by atoms with Gasteiger partial charge in [-0.2, -0.15) is 0 Å². The molecule has 0 unspecified atom stereocenters. The van der Waals surface area contributed by atoms with Gasteiger partial charge in [0, 0.05) is 6.07 Å². The van der Waals surface area contributed by atoms with E-state index in [2.05, 4.69) is 10.2 Å². The van der Waals surface area contributed by atoms with Crippen LogP contribution in [0.1, 0.15) is 11.4 Å². The molecule has 8 nitrogen and oxygen atoms in total. The van der Waals surface area contributed by atoms with Crippen LogP contribution in [-0.2, 0) is 17.9 Å². The standard InChI is InChI=1S/C20H20N4O4S/c1-26-15-6-3-5-14(9-15)11-23-19(25)13-29-20-22-21-18(24(20)23)12-28-17-8-4-7-16(10-17)27-2/h3-10H,11-13H2,1-2H3. The highest BCUT2D eigenvalue weighted by atomic mass is 32.2. The second kappa shape index (κ2) is 8.44. The molecule has 0 fully saturated rings. The monoisotopic (exact) mass is 412 g/mol. The smallest absolute Gasteiger partial charge is 0.252 e. The zero-order valence-corrected chi connectivity index (χ0v) is 16.9. The van der Waals surface area contributed by atoms with Crippen molar-refractivity contribution < 1.29 is 19.0 Å². The van der Waals surface area contributed by atoms with Gasteiger partial charge in [-0.15, -0.1) is 10.2 Å². The molecule has 150 valence electrons. The van der Waals surface area contributed by atoms with E-state index in [9.17, 15) is 4.79 Å². The van der Waals surface area contributed by atoms with Crippen LogP contribution in [0.15, 0.2) is 53.7 Å². The fraction of sp³-hybridized carbons (Fsp3) is 0.250. The molecular formula is C20H20N4O4S. The van der Waals surface area contributed by atoms with Crippen molar-refractivity contribution in [3.05, 3.63) is 59.9 Å². The lowest BCUT2D eigenvalue weighted by molar-refractivity contribution is -0.118. The number of carbonyl (C=O) groups is 1. The number of rotatable bonds is 7. The Morgan fingerprint density at radius 3 is 2.52 bits per heavy atom. The SMILES string of the molecule is COc1cccc(CN2C(=O)CSc3nnc(COc4cccc(OC)c4)n32)c1. The normalized spacial score (nSPS) is 13.2. The molecule has 0 atom stereocenters. The third-order valence-corrected chi connectivity index (χ3v) is 5.31. The van der Waals surface area contributed by atoms with Gasteiger partial charge in [-0.3, -0.25) is 4.79 Å². The minimum atomic E-state index is -0.0206. The fourth-order valence-electron chi connectivity index (χ4n) is 2.97. The summed E-state index contributed by atoms with van der Waals surface area (Å²) in [4.78, 5) is 12.7. The predicted molar refractivity (Wildman–Crippen MR) is 108 cm³/mol. The zero-order valence-electron chi connectivity index (χ0n) is 16.1. The van der Waals surface area contributed by atoms with Crippen molar-refractivity contribution in [2.75, 3.05) is 25.0 Å². The van der Waals surface area contributed by atoms with Crippen molar-refractivity contribution >= 4 is 17.7 Å². The van der Waals surface area contributed by atoms with Crippen molar-refractivity contribution in [1.29, 1.82) is 0 Å². The minimum Gasteiger partial charge on any atom is -0.497 e. The van der Waals surface area contributed by atoms with Gasteiger partial charge in [0.15, 0.2) is 5.82 Å². The van der Waals surface area contributed by atoms with Crippen molar-refractivity contribution in [3.8, 4) is 17.2 Å². The maximum absolute atomic E-state index is 12.7. The molecule has 2 heterocycles. The Bertz CT molecular complexity index is 1020. The van der Waals surface area contributed by atoms with Crippen molar-refractivity contribution in [2.24, 2.45) is 0 Å². The molecule has 1 aliphatic heterocycles. The quantitative estimate of drug-likeness (QED) is 0.590. The van der Waals surface area contributed by atoms with Gasteiger partial charge < -0.3 is 14.2 Å². The molecule has 1 aromatic heterocycles. The minimum absolute atomic E-state index is 0.0206. The first kappa shape index (κ1) is 19.1. The van der Waals surface area contributed by atoms with E-state index in [0.717, 1.165) is 11.3 Å². The van der Waals surface area contributed by atoms with Crippen molar-refractivity contribution in [2.45, 2.75) is 18.3 Å². The van der Waals surface area contributed by atoms with Crippen LogP contribution in [0, 0.1) is 0 Å². The second-order valence-electron chi connectivity index (χ2n) is 6.27. The lowest BCUT2D eigenvalue weighted by Crippen LogP contribution is -2.45. The van der Waals surface area contributed by atoms with Crippen molar-refractivity contribution in [1.82, 2.24) is 14.9 Å². The highest BCUT2D eigenvalue weighted by Gasteiger charge is 2.29. The van der Waals surface area contributed by atoms with Crippen LogP contribution in [0.5, 0.6) is 17.2 Å². The number of carbonyl (C=O) groups excluding carboxylic acids is 1. The third kappa shape index (κ3) is 4.14. The van der Waals surface area contributed by atoms with Gasteiger partial charge in [-0.1, -0.05) is 30.0 Å². The molecule has 0 spiro atoms. The molecule has 0 aliphatic carbocycles. The maximum Gasteiger partial charge on any atom is 0.252 e. The first-order chi connectivity index (χ1) is 14.2. The van der Waals surface area contributed by atoms with Crippen LogP contribution in [-0.4, -0.2) is 40.8 Å². The zero-order chi connectivity index (χ0) is 20.2. The number of ether oxygens (including phenoxy) is 3. The van der Waals surface area contributed by atoms with Crippen molar-refractivity contribution in [3.63, 3.8) is 0 Å². The largest absolute Gasteiger partial charge is 0.497 e. The lowest BCUT2D eigenvalue weighted by Gasteiger charge is -2.29. The highest BCUT2D eigenvalue weighted by molar-refractivity contribution is 7.99. The van der Waals surface area contributed by atoms with E-state index in [1.165, 1.54) is 11.8 Å². The fourth-order valence-corrected chi connectivity index (χ4v) is 3.80. The summed E-state index contributed by atoms with van der Waals surface area (Å²) >= 11 is 1.37. The van der Waals surface area contributed by atoms with E-state index >= 15 is 0 Å². The number of methoxy groups -OCH3 is 2. The number of benzene rings is 2. The summed E-state index contributed by atoms with van der Waals surface area (Å²) in [6, 6.07) is 15.0. The van der Waals surface area contributed by atoms with Crippen LogP contribution < -0.4 is 19.2 Å². The van der Waals surface area contributed by atoms with Gasteiger partial charge in [0.25, 0.3) is 5.91 Å². The average Bonchev–Trinajstić information content (AvgIpc) is 3.18. The van der Waals surface area contributed by atoms with Crippen LogP contribution in [0.2, 0.25) is 0 Å². The Hall–Kier alpha value is -3.20. The molecule has 2 aromatic carbocycles. The number of aromatic nitrogens is 3. The number of hydrogen-bond donors (Lipinski definition) is 0. The van der Waals surface area contributed by atoms with Gasteiger partial charge in [0.05, 0.1) is 26.5 Å². The van der Waals surface area contributed by atoms with Crippen LogP contribution in [0.25, 0.3) is 0 Å². The molecular weight excluding hydrogens is 392 g/mol. The molecule has 4 rings (SSSR count).